The van der Waals surface area contributed by atoms with Crippen LogP contribution in [0.5, 0.6) is 0 Å². The zero-order valence-electron chi connectivity index (χ0n) is 15.4. The number of piperidine rings is 1. The van der Waals surface area contributed by atoms with Crippen molar-refractivity contribution >= 4 is 11.8 Å². The molecule has 4 rings (SSSR count). The standard InChI is InChI=1S/C22H26N2O2/c1-2-19-10-6-7-11-20(19)24-17-22(26-21(24)25)12-14-23(15-13-22)16-18-8-4-3-5-9-18/h3-11H,2,12-17H2,1H3. The third kappa shape index (κ3) is 3.34. The molecule has 0 radical (unpaired) electrons. The number of aryl methyl sites for hydroxylation is 1. The van der Waals surface area contributed by atoms with Gasteiger partial charge in [0.2, 0.25) is 0 Å². The first-order chi connectivity index (χ1) is 12.7. The molecule has 136 valence electrons. The molecule has 0 atom stereocenters. The van der Waals surface area contributed by atoms with Crippen molar-refractivity contribution in [3.05, 3.63) is 65.7 Å². The maximum Gasteiger partial charge on any atom is 0.415 e. The summed E-state index contributed by atoms with van der Waals surface area (Å²) in [6.07, 6.45) is 2.52. The van der Waals surface area contributed by atoms with Crippen molar-refractivity contribution in [3.8, 4) is 0 Å². The molecule has 2 aromatic rings. The second-order valence-electron chi connectivity index (χ2n) is 7.38. The van der Waals surface area contributed by atoms with Gasteiger partial charge in [0.05, 0.1) is 12.2 Å². The van der Waals surface area contributed by atoms with Gasteiger partial charge in [0.15, 0.2) is 0 Å². The van der Waals surface area contributed by atoms with E-state index in [4.69, 9.17) is 4.74 Å². The fourth-order valence-corrected chi connectivity index (χ4v) is 4.10. The van der Waals surface area contributed by atoms with Crippen LogP contribution in [-0.4, -0.2) is 36.2 Å². The topological polar surface area (TPSA) is 32.8 Å². The maximum atomic E-state index is 12.6. The maximum absolute atomic E-state index is 12.6. The number of ether oxygens (including phenoxy) is 1. The number of anilines is 1. The van der Waals surface area contributed by atoms with Crippen LogP contribution in [0.1, 0.15) is 30.9 Å². The van der Waals surface area contributed by atoms with E-state index < -0.39 is 0 Å². The molecule has 1 spiro atoms. The molecular weight excluding hydrogens is 324 g/mol. The molecule has 0 saturated carbocycles. The lowest BCUT2D eigenvalue weighted by atomic mass is 9.91. The van der Waals surface area contributed by atoms with Crippen molar-refractivity contribution in [1.29, 1.82) is 0 Å². The predicted molar refractivity (Wildman–Crippen MR) is 103 cm³/mol. The summed E-state index contributed by atoms with van der Waals surface area (Å²) in [5.41, 5.74) is 3.21. The fraction of sp³-hybridized carbons (Fsp3) is 0.409. The van der Waals surface area contributed by atoms with Gasteiger partial charge in [0, 0.05) is 32.5 Å². The Bertz CT molecular complexity index is 767. The van der Waals surface area contributed by atoms with E-state index >= 15 is 0 Å². The predicted octanol–water partition coefficient (Wildman–Crippen LogP) is 4.24. The molecule has 0 bridgehead atoms. The minimum atomic E-state index is -0.328. The third-order valence-electron chi connectivity index (χ3n) is 5.65. The highest BCUT2D eigenvalue weighted by molar-refractivity contribution is 5.91. The van der Waals surface area contributed by atoms with Crippen LogP contribution in [-0.2, 0) is 17.7 Å². The highest BCUT2D eigenvalue weighted by atomic mass is 16.6. The summed E-state index contributed by atoms with van der Waals surface area (Å²) in [7, 11) is 0. The molecule has 2 fully saturated rings. The summed E-state index contributed by atoms with van der Waals surface area (Å²) in [4.78, 5) is 16.9. The van der Waals surface area contributed by atoms with E-state index in [1.54, 1.807) is 0 Å². The van der Waals surface area contributed by atoms with Gasteiger partial charge in [0.1, 0.15) is 5.60 Å². The summed E-state index contributed by atoms with van der Waals surface area (Å²) in [5, 5.41) is 0. The van der Waals surface area contributed by atoms with E-state index in [0.29, 0.717) is 6.54 Å². The Morgan fingerprint density at radius 3 is 2.42 bits per heavy atom. The number of carbonyl (C=O) groups excluding carboxylic acids is 1. The van der Waals surface area contributed by atoms with Crippen molar-refractivity contribution < 1.29 is 9.53 Å². The van der Waals surface area contributed by atoms with Gasteiger partial charge >= 0.3 is 6.09 Å². The molecule has 2 saturated heterocycles. The number of nitrogens with zero attached hydrogens (tertiary/aromatic N) is 2. The fourth-order valence-electron chi connectivity index (χ4n) is 4.10. The van der Waals surface area contributed by atoms with Gasteiger partial charge < -0.3 is 4.74 Å². The van der Waals surface area contributed by atoms with Gasteiger partial charge in [-0.2, -0.15) is 0 Å². The molecule has 2 heterocycles. The summed E-state index contributed by atoms with van der Waals surface area (Å²) in [6, 6.07) is 18.7. The average Bonchev–Trinajstić information content (AvgIpc) is 3.00. The number of para-hydroxylation sites is 1. The van der Waals surface area contributed by atoms with Crippen molar-refractivity contribution in [2.45, 2.75) is 38.3 Å². The van der Waals surface area contributed by atoms with E-state index in [1.807, 2.05) is 23.1 Å². The minimum Gasteiger partial charge on any atom is -0.441 e. The first kappa shape index (κ1) is 17.1. The highest BCUT2D eigenvalue weighted by Gasteiger charge is 2.47. The summed E-state index contributed by atoms with van der Waals surface area (Å²) >= 11 is 0. The van der Waals surface area contributed by atoms with Crippen LogP contribution in [0.15, 0.2) is 54.6 Å². The first-order valence-corrected chi connectivity index (χ1v) is 9.54. The molecule has 1 amide bonds. The Balaban J connectivity index is 1.42. The number of rotatable bonds is 4. The van der Waals surface area contributed by atoms with Gasteiger partial charge in [-0.05, 0) is 23.6 Å². The van der Waals surface area contributed by atoms with Crippen LogP contribution in [0.25, 0.3) is 0 Å². The van der Waals surface area contributed by atoms with Gasteiger partial charge in [0.25, 0.3) is 0 Å². The number of carbonyl (C=O) groups is 1. The second kappa shape index (κ2) is 7.12. The highest BCUT2D eigenvalue weighted by Crippen LogP contribution is 2.37. The molecule has 0 unspecified atom stereocenters. The average molecular weight is 350 g/mol. The first-order valence-electron chi connectivity index (χ1n) is 9.54. The third-order valence-corrected chi connectivity index (χ3v) is 5.65. The molecule has 2 aliphatic heterocycles. The Kier molecular flexibility index (Phi) is 4.68. The van der Waals surface area contributed by atoms with Crippen molar-refractivity contribution in [2.24, 2.45) is 0 Å². The lowest BCUT2D eigenvalue weighted by molar-refractivity contribution is -0.000970. The van der Waals surface area contributed by atoms with E-state index in [-0.39, 0.29) is 11.7 Å². The Labute approximate surface area is 155 Å². The zero-order chi connectivity index (χ0) is 18.0. The number of hydrogen-bond acceptors (Lipinski definition) is 3. The van der Waals surface area contributed by atoms with Crippen LogP contribution in [0.4, 0.5) is 10.5 Å². The Morgan fingerprint density at radius 2 is 1.69 bits per heavy atom. The quantitative estimate of drug-likeness (QED) is 0.827. The molecule has 0 aromatic heterocycles. The molecule has 4 nitrogen and oxygen atoms in total. The van der Waals surface area contributed by atoms with Crippen LogP contribution in [0.2, 0.25) is 0 Å². The van der Waals surface area contributed by atoms with Gasteiger partial charge in [-0.15, -0.1) is 0 Å². The van der Waals surface area contributed by atoms with E-state index in [1.165, 1.54) is 11.1 Å². The van der Waals surface area contributed by atoms with Crippen molar-refractivity contribution in [3.63, 3.8) is 0 Å². The number of hydrogen-bond donors (Lipinski definition) is 0. The zero-order valence-corrected chi connectivity index (χ0v) is 15.4. The molecular formula is C22H26N2O2. The molecule has 0 aliphatic carbocycles. The van der Waals surface area contributed by atoms with Gasteiger partial charge in [-0.3, -0.25) is 9.80 Å². The number of likely N-dealkylation sites (tertiary alicyclic amines) is 1. The minimum absolute atomic E-state index is 0.192. The smallest absolute Gasteiger partial charge is 0.415 e. The lowest BCUT2D eigenvalue weighted by Gasteiger charge is -2.37. The molecule has 4 heteroatoms. The van der Waals surface area contributed by atoms with E-state index in [9.17, 15) is 4.79 Å². The second-order valence-corrected chi connectivity index (χ2v) is 7.38. The van der Waals surface area contributed by atoms with Gasteiger partial charge in [-0.25, -0.2) is 4.79 Å². The Morgan fingerprint density at radius 1 is 1.00 bits per heavy atom. The molecule has 2 aliphatic rings. The van der Waals surface area contributed by atoms with Crippen LogP contribution in [0.3, 0.4) is 0 Å². The normalized spacial score (nSPS) is 19.7. The lowest BCUT2D eigenvalue weighted by Crippen LogP contribution is -2.46. The largest absolute Gasteiger partial charge is 0.441 e. The SMILES string of the molecule is CCc1ccccc1N1CC2(CCN(Cc3ccccc3)CC2)OC1=O. The van der Waals surface area contributed by atoms with E-state index in [2.05, 4.69) is 48.2 Å². The summed E-state index contributed by atoms with van der Waals surface area (Å²) < 4.78 is 5.92. The number of benzene rings is 2. The van der Waals surface area contributed by atoms with Crippen LogP contribution >= 0.6 is 0 Å². The summed E-state index contributed by atoms with van der Waals surface area (Å²) in [6.45, 7) is 5.68. The van der Waals surface area contributed by atoms with Gasteiger partial charge in [-0.1, -0.05) is 55.5 Å². The molecule has 2 aromatic carbocycles. The van der Waals surface area contributed by atoms with Crippen molar-refractivity contribution in [1.82, 2.24) is 4.90 Å². The summed E-state index contributed by atoms with van der Waals surface area (Å²) in [5.74, 6) is 0. The monoisotopic (exact) mass is 350 g/mol. The molecule has 0 N–H and O–H groups in total. The van der Waals surface area contributed by atoms with E-state index in [0.717, 1.165) is 44.6 Å². The van der Waals surface area contributed by atoms with Crippen molar-refractivity contribution in [2.75, 3.05) is 24.5 Å². The number of amides is 1. The Hall–Kier alpha value is -2.33. The van der Waals surface area contributed by atoms with Crippen LogP contribution in [0, 0.1) is 0 Å². The van der Waals surface area contributed by atoms with Crippen LogP contribution < -0.4 is 4.90 Å². The molecule has 26 heavy (non-hydrogen) atoms.